The second kappa shape index (κ2) is 11.1. The predicted octanol–water partition coefficient (Wildman–Crippen LogP) is 4.86. The van der Waals surface area contributed by atoms with E-state index in [0.29, 0.717) is 24.8 Å². The summed E-state index contributed by atoms with van der Waals surface area (Å²) < 4.78 is 2.10. The molecule has 1 fully saturated rings. The minimum absolute atomic E-state index is 0.00888. The second-order valence-corrected chi connectivity index (χ2v) is 11.7. The molecule has 0 aliphatic carbocycles. The van der Waals surface area contributed by atoms with Crippen LogP contribution < -0.4 is 0 Å². The first-order chi connectivity index (χ1) is 17.2. The van der Waals surface area contributed by atoms with Crippen molar-refractivity contribution in [2.24, 2.45) is 11.8 Å². The number of amides is 1. The zero-order valence-electron chi connectivity index (χ0n) is 22.5. The number of fused-ring (bicyclic) bond motifs is 1. The highest BCUT2D eigenvalue weighted by molar-refractivity contribution is 5.95. The molecule has 0 spiro atoms. The highest BCUT2D eigenvalue weighted by Gasteiger charge is 2.38. The summed E-state index contributed by atoms with van der Waals surface area (Å²) in [6, 6.07) is 18.5. The van der Waals surface area contributed by atoms with Crippen molar-refractivity contribution in [3.8, 4) is 0 Å². The fourth-order valence-corrected chi connectivity index (χ4v) is 5.35. The van der Waals surface area contributed by atoms with E-state index in [0.717, 1.165) is 37.0 Å². The number of carbonyl (C=O) groups excluding carboxylic acids is 1. The van der Waals surface area contributed by atoms with Crippen molar-refractivity contribution in [3.05, 3.63) is 66.0 Å². The standard InChI is InChI=1S/C30H42N4O2/c1-22(2)18-34(25-17-24(21-35)19-32(20-25)30(3,4)5)29(36)28-31-26-13-9-10-14-27(26)33(28)16-15-23-11-7-6-8-12-23/h6-14,22,24-25,35H,15-21H2,1-5H3/t24-,25+/m1/s1. The van der Waals surface area contributed by atoms with Gasteiger partial charge in [-0.05, 0) is 63.1 Å². The second-order valence-electron chi connectivity index (χ2n) is 11.7. The topological polar surface area (TPSA) is 61.6 Å². The minimum atomic E-state index is -0.0263. The predicted molar refractivity (Wildman–Crippen MR) is 146 cm³/mol. The van der Waals surface area contributed by atoms with Crippen LogP contribution in [0.25, 0.3) is 11.0 Å². The lowest BCUT2D eigenvalue weighted by atomic mass is 9.89. The summed E-state index contributed by atoms with van der Waals surface area (Å²) in [6.07, 6.45) is 1.64. The van der Waals surface area contributed by atoms with Crippen LogP contribution in [0.2, 0.25) is 0 Å². The van der Waals surface area contributed by atoms with E-state index in [-0.39, 0.29) is 30.0 Å². The van der Waals surface area contributed by atoms with Crippen molar-refractivity contribution in [3.63, 3.8) is 0 Å². The van der Waals surface area contributed by atoms with Crippen LogP contribution in [0, 0.1) is 11.8 Å². The molecule has 2 aromatic carbocycles. The number of aromatic nitrogens is 2. The number of imidazole rings is 1. The van der Waals surface area contributed by atoms with Crippen LogP contribution in [0.4, 0.5) is 0 Å². The fraction of sp³-hybridized carbons (Fsp3) is 0.533. The zero-order chi connectivity index (χ0) is 25.9. The average molecular weight is 491 g/mol. The van der Waals surface area contributed by atoms with Gasteiger partial charge in [0.2, 0.25) is 0 Å². The van der Waals surface area contributed by atoms with Gasteiger partial charge in [-0.2, -0.15) is 0 Å². The van der Waals surface area contributed by atoms with Gasteiger partial charge in [0.05, 0.1) is 11.0 Å². The van der Waals surface area contributed by atoms with Crippen molar-refractivity contribution in [2.75, 3.05) is 26.2 Å². The van der Waals surface area contributed by atoms with Crippen LogP contribution in [0.3, 0.4) is 0 Å². The Hall–Kier alpha value is -2.70. The zero-order valence-corrected chi connectivity index (χ0v) is 22.5. The van der Waals surface area contributed by atoms with E-state index < -0.39 is 0 Å². The Morgan fingerprint density at radius 3 is 2.44 bits per heavy atom. The molecule has 6 nitrogen and oxygen atoms in total. The molecule has 0 unspecified atom stereocenters. The lowest BCUT2D eigenvalue weighted by molar-refractivity contribution is 0.000249. The Labute approximate surface area is 215 Å². The third-order valence-electron chi connectivity index (χ3n) is 7.30. The summed E-state index contributed by atoms with van der Waals surface area (Å²) in [7, 11) is 0. The number of hydrogen-bond acceptors (Lipinski definition) is 4. The normalized spacial score (nSPS) is 19.2. The first-order valence-corrected chi connectivity index (χ1v) is 13.3. The van der Waals surface area contributed by atoms with Gasteiger partial charge in [0.15, 0.2) is 5.82 Å². The molecule has 36 heavy (non-hydrogen) atoms. The number of rotatable bonds is 8. The molecule has 1 aliphatic rings. The lowest BCUT2D eigenvalue weighted by Gasteiger charge is -2.47. The minimum Gasteiger partial charge on any atom is -0.396 e. The monoisotopic (exact) mass is 490 g/mol. The van der Waals surface area contributed by atoms with Crippen molar-refractivity contribution in [1.82, 2.24) is 19.4 Å². The number of para-hydroxylation sites is 2. The van der Waals surface area contributed by atoms with Gasteiger partial charge < -0.3 is 14.6 Å². The number of aliphatic hydroxyl groups is 1. The van der Waals surface area contributed by atoms with E-state index >= 15 is 0 Å². The van der Waals surface area contributed by atoms with Gasteiger partial charge in [-0.1, -0.05) is 56.3 Å². The molecule has 1 amide bonds. The van der Waals surface area contributed by atoms with E-state index in [1.165, 1.54) is 5.56 Å². The summed E-state index contributed by atoms with van der Waals surface area (Å²) >= 11 is 0. The number of benzene rings is 2. The van der Waals surface area contributed by atoms with Crippen LogP contribution in [-0.2, 0) is 13.0 Å². The van der Waals surface area contributed by atoms with Crippen molar-refractivity contribution < 1.29 is 9.90 Å². The molecule has 0 radical (unpaired) electrons. The number of likely N-dealkylation sites (tertiary alicyclic amines) is 1. The van der Waals surface area contributed by atoms with Gasteiger partial charge in [-0.15, -0.1) is 0 Å². The Bertz CT molecular complexity index is 1150. The van der Waals surface area contributed by atoms with E-state index in [4.69, 9.17) is 4.98 Å². The third-order valence-corrected chi connectivity index (χ3v) is 7.30. The number of hydrogen-bond donors (Lipinski definition) is 1. The van der Waals surface area contributed by atoms with Crippen molar-refractivity contribution >= 4 is 16.9 Å². The Kier molecular flexibility index (Phi) is 8.16. The highest BCUT2D eigenvalue weighted by atomic mass is 16.3. The van der Waals surface area contributed by atoms with E-state index in [1.807, 2.05) is 29.2 Å². The fourth-order valence-electron chi connectivity index (χ4n) is 5.35. The van der Waals surface area contributed by atoms with Gasteiger partial charge in [0.1, 0.15) is 0 Å². The third kappa shape index (κ3) is 5.98. The number of nitrogens with zero attached hydrogens (tertiary/aromatic N) is 4. The molecule has 6 heteroatoms. The molecule has 1 aromatic heterocycles. The molecule has 2 atom stereocenters. The first-order valence-electron chi connectivity index (χ1n) is 13.3. The number of piperidine rings is 1. The van der Waals surface area contributed by atoms with Crippen LogP contribution >= 0.6 is 0 Å². The summed E-state index contributed by atoms with van der Waals surface area (Å²) in [6.45, 7) is 14.1. The first kappa shape index (κ1) is 26.4. The molecule has 3 aromatic rings. The Morgan fingerprint density at radius 2 is 1.78 bits per heavy atom. The van der Waals surface area contributed by atoms with Crippen LogP contribution in [-0.4, -0.2) is 68.2 Å². The summed E-state index contributed by atoms with van der Waals surface area (Å²) in [5.74, 6) is 0.989. The van der Waals surface area contributed by atoms with Crippen molar-refractivity contribution in [1.29, 1.82) is 0 Å². The number of carbonyl (C=O) groups is 1. The SMILES string of the molecule is CC(C)CN(C(=O)c1nc2ccccc2n1CCc1ccccc1)[C@H]1C[C@@H](CO)CN(C(C)(C)C)C1. The van der Waals surface area contributed by atoms with Gasteiger partial charge in [0, 0.05) is 44.4 Å². The maximum Gasteiger partial charge on any atom is 0.290 e. The van der Waals surface area contributed by atoms with Crippen LogP contribution in [0.5, 0.6) is 0 Å². The van der Waals surface area contributed by atoms with Gasteiger partial charge in [-0.3, -0.25) is 9.69 Å². The quantitative estimate of drug-likeness (QED) is 0.490. The molecular weight excluding hydrogens is 448 g/mol. The van der Waals surface area contributed by atoms with E-state index in [1.54, 1.807) is 0 Å². The van der Waals surface area contributed by atoms with Gasteiger partial charge in [-0.25, -0.2) is 4.98 Å². The smallest absolute Gasteiger partial charge is 0.290 e. The molecule has 0 saturated carbocycles. The largest absolute Gasteiger partial charge is 0.396 e. The molecule has 4 rings (SSSR count). The van der Waals surface area contributed by atoms with Crippen LogP contribution in [0.1, 0.15) is 57.2 Å². The van der Waals surface area contributed by atoms with Crippen molar-refractivity contribution in [2.45, 2.75) is 65.6 Å². The van der Waals surface area contributed by atoms with E-state index in [9.17, 15) is 9.90 Å². The molecule has 1 saturated heterocycles. The maximum absolute atomic E-state index is 14.3. The maximum atomic E-state index is 14.3. The average Bonchev–Trinajstić information content (AvgIpc) is 3.24. The molecule has 194 valence electrons. The Morgan fingerprint density at radius 1 is 1.08 bits per heavy atom. The summed E-state index contributed by atoms with van der Waals surface area (Å²) in [5, 5.41) is 10.1. The molecule has 1 aliphatic heterocycles. The van der Waals surface area contributed by atoms with Gasteiger partial charge in [0.25, 0.3) is 5.91 Å². The Balaban J connectivity index is 1.69. The summed E-state index contributed by atoms with van der Waals surface area (Å²) in [4.78, 5) is 23.6. The molecule has 2 heterocycles. The highest BCUT2D eigenvalue weighted by Crippen LogP contribution is 2.29. The molecular formula is C30H42N4O2. The van der Waals surface area contributed by atoms with Gasteiger partial charge >= 0.3 is 0 Å². The molecule has 1 N–H and O–H groups in total. The molecule has 0 bridgehead atoms. The number of aryl methyl sites for hydroxylation is 2. The van der Waals surface area contributed by atoms with Crippen LogP contribution in [0.15, 0.2) is 54.6 Å². The lowest BCUT2D eigenvalue weighted by Crippen LogP contribution is -2.58. The summed E-state index contributed by atoms with van der Waals surface area (Å²) in [5.41, 5.74) is 3.06. The number of aliphatic hydroxyl groups excluding tert-OH is 1. The van der Waals surface area contributed by atoms with E-state index in [2.05, 4.69) is 74.4 Å².